The van der Waals surface area contributed by atoms with Crippen LogP contribution in [0.25, 0.3) is 231 Å². The summed E-state index contributed by atoms with van der Waals surface area (Å²) >= 11 is 0. The molecule has 27 aromatic rings. The molecule has 0 atom stereocenters. The quantitative estimate of drug-likeness (QED) is 0.164. The fourth-order valence-corrected chi connectivity index (χ4v) is 20.6. The first kappa shape index (κ1) is 67.4. The van der Waals surface area contributed by atoms with Gasteiger partial charge in [0.1, 0.15) is 5.82 Å². The monoisotopic (exact) mass is 1530 g/mol. The molecule has 0 aliphatic heterocycles. The molecule has 0 saturated carbocycles. The van der Waals surface area contributed by atoms with Crippen LogP contribution in [0.2, 0.25) is 0 Å². The number of hydrogen-bond acceptors (Lipinski definition) is 1. The van der Waals surface area contributed by atoms with Gasteiger partial charge in [0.25, 0.3) is 0 Å². The minimum absolute atomic E-state index is 0.915. The maximum absolute atomic E-state index is 5.55. The summed E-state index contributed by atoms with van der Waals surface area (Å²) in [6.45, 7) is 0. The van der Waals surface area contributed by atoms with Crippen molar-refractivity contribution >= 4 is 196 Å². The Morgan fingerprint density at radius 3 is 0.858 bits per heavy atom. The van der Waals surface area contributed by atoms with Crippen molar-refractivity contribution in [3.63, 3.8) is 0 Å². The number of benzene rings is 17. The smallest absolute Gasteiger partial charge is 0.164 e. The average molecular weight is 1540 g/mol. The summed E-state index contributed by atoms with van der Waals surface area (Å²) in [5, 5.41) is 22.6. The van der Waals surface area contributed by atoms with Gasteiger partial charge in [0.15, 0.2) is 5.82 Å². The Balaban J connectivity index is 0.0000000997. The number of fused-ring (bicyclic) bond motifs is 29. The first-order chi connectivity index (χ1) is 59.4. The number of rotatable bonds is 6. The van der Waals surface area contributed by atoms with Crippen molar-refractivity contribution in [3.8, 4) is 34.4 Å². The lowest BCUT2D eigenvalue weighted by atomic mass is 10.1. The van der Waals surface area contributed by atoms with Crippen molar-refractivity contribution in [3.05, 3.63) is 394 Å². The van der Waals surface area contributed by atoms with Crippen molar-refractivity contribution < 1.29 is 0 Å². The number of pyridine rings is 1. The summed E-state index contributed by atoms with van der Waals surface area (Å²) in [5.74, 6) is 1.85. The molecule has 0 radical (unpaired) electrons. The van der Waals surface area contributed by atoms with Crippen molar-refractivity contribution in [2.24, 2.45) is 21.1 Å². The predicted molar refractivity (Wildman–Crippen MR) is 505 cm³/mol. The van der Waals surface area contributed by atoms with Crippen LogP contribution in [0, 0.1) is 0 Å². The van der Waals surface area contributed by atoms with E-state index in [1.807, 2.05) is 0 Å². The van der Waals surface area contributed by atoms with Gasteiger partial charge in [-0.3, -0.25) is 9.13 Å². The summed E-state index contributed by atoms with van der Waals surface area (Å²) in [6, 6.07) is 143. The minimum Gasteiger partial charge on any atom is -0.344 e. The van der Waals surface area contributed by atoms with Gasteiger partial charge in [0.2, 0.25) is 0 Å². The number of para-hydroxylation sites is 13. The highest BCUT2D eigenvalue weighted by Crippen LogP contribution is 2.47. The van der Waals surface area contributed by atoms with Gasteiger partial charge in [-0.15, -0.1) is 0 Å². The standard InChI is InChI=1S/2C37H25N3.C36H24N4/c1-38-32-16-8-5-15-28(32)31-23-25(19-22-33(31)38)40-35-18-10-7-14-27(35)30-21-20-29-26-13-6-9-17-34(26)39(36(29)37(30)40)24-11-3-2-4-12-24;1-38-31-16-8-5-14-27(31)30-23-25(19-21-32(30)38)39-34-18-10-7-15-29(34)36-35(39)22-20-28-26-13-6-9-17-33(26)40(37(28)36)24-11-3-2-4-12-24;1-38-29-17-7-2-16-27(29)28-22-34(39-30-18-8-3-12-23(30)24-13-4-9-19-31(24)39)37-36(35(28)38)40-32-20-10-5-14-25(32)26-15-6-11-21-33(26)40/h2*2-23H,1H3;2-22H,1H3. The van der Waals surface area contributed by atoms with E-state index in [4.69, 9.17) is 4.98 Å². The zero-order valence-electron chi connectivity index (χ0n) is 66.0. The first-order valence-corrected chi connectivity index (χ1v) is 41.2. The zero-order valence-corrected chi connectivity index (χ0v) is 66.0. The zero-order chi connectivity index (χ0) is 79.1. The molecule has 564 valence electrons. The molecule has 0 N–H and O–H groups in total. The topological polar surface area (TPSA) is 57.3 Å². The largest absolute Gasteiger partial charge is 0.344 e. The van der Waals surface area contributed by atoms with Gasteiger partial charge in [-0.2, -0.15) is 0 Å². The van der Waals surface area contributed by atoms with E-state index in [1.54, 1.807) is 0 Å². The van der Waals surface area contributed by atoms with E-state index in [2.05, 4.69) is 457 Å². The first-order valence-electron chi connectivity index (χ1n) is 41.2. The van der Waals surface area contributed by atoms with Gasteiger partial charge in [0.05, 0.1) is 71.7 Å². The lowest BCUT2D eigenvalue weighted by Gasteiger charge is -2.14. The van der Waals surface area contributed by atoms with Gasteiger partial charge in [-0.05, 0) is 140 Å². The van der Waals surface area contributed by atoms with Crippen LogP contribution in [-0.4, -0.2) is 46.1 Å². The second kappa shape index (κ2) is 26.0. The SMILES string of the molecule is Cn1c2ccccc2c2cc(-n3c4ccccc4c4c3ccc3c5ccccc5n(-c5ccccc5)c34)ccc21.Cn1c2ccccc2c2cc(-n3c4ccccc4c4ccc5c6ccccc6n(-c6ccccc6)c5c43)ccc21.Cn1c2ccccc2c2cc(-n3c4ccccc4c4ccccc43)nc(-n3c4ccccc4c4ccccc43)c21. The van der Waals surface area contributed by atoms with Crippen LogP contribution in [0.1, 0.15) is 0 Å². The van der Waals surface area contributed by atoms with E-state index in [1.165, 1.54) is 191 Å². The third kappa shape index (κ3) is 9.63. The highest BCUT2D eigenvalue weighted by Gasteiger charge is 2.27. The Kier molecular flexibility index (Phi) is 14.6. The number of aromatic nitrogens is 10. The second-order valence-corrected chi connectivity index (χ2v) is 31.9. The van der Waals surface area contributed by atoms with E-state index in [-0.39, 0.29) is 0 Å². The van der Waals surface area contributed by atoms with E-state index < -0.39 is 0 Å². The fraction of sp³-hybridized carbons (Fsp3) is 0.0273. The third-order valence-corrected chi connectivity index (χ3v) is 25.7. The lowest BCUT2D eigenvalue weighted by Crippen LogP contribution is -2.06. The predicted octanol–water partition coefficient (Wildman–Crippen LogP) is 28.0. The van der Waals surface area contributed by atoms with Gasteiger partial charge in [-0.25, -0.2) is 4.98 Å². The van der Waals surface area contributed by atoms with Crippen molar-refractivity contribution in [1.29, 1.82) is 0 Å². The van der Waals surface area contributed by atoms with Gasteiger partial charge >= 0.3 is 0 Å². The Labute approximate surface area is 687 Å². The molecule has 27 rings (SSSR count). The van der Waals surface area contributed by atoms with Crippen molar-refractivity contribution in [1.82, 2.24) is 46.1 Å². The van der Waals surface area contributed by atoms with Crippen LogP contribution in [-0.2, 0) is 21.1 Å². The van der Waals surface area contributed by atoms with E-state index in [0.717, 1.165) is 39.2 Å². The normalized spacial score (nSPS) is 12.1. The summed E-state index contributed by atoms with van der Waals surface area (Å²) < 4.78 is 21.4. The molecule has 0 spiro atoms. The van der Waals surface area contributed by atoms with Crippen LogP contribution < -0.4 is 0 Å². The van der Waals surface area contributed by atoms with E-state index in [9.17, 15) is 0 Å². The van der Waals surface area contributed by atoms with E-state index >= 15 is 0 Å². The molecule has 0 saturated heterocycles. The molecule has 0 aliphatic carbocycles. The van der Waals surface area contributed by atoms with Crippen LogP contribution in [0.5, 0.6) is 0 Å². The molecule has 0 fully saturated rings. The second-order valence-electron chi connectivity index (χ2n) is 31.9. The van der Waals surface area contributed by atoms with Crippen LogP contribution in [0.3, 0.4) is 0 Å². The molecule has 10 nitrogen and oxygen atoms in total. The number of nitrogens with zero attached hydrogens (tertiary/aromatic N) is 10. The Hall–Kier alpha value is -15.9. The Morgan fingerprint density at radius 1 is 0.158 bits per heavy atom. The van der Waals surface area contributed by atoms with Gasteiger partial charge in [-0.1, -0.05) is 255 Å². The molecule has 0 amide bonds. The van der Waals surface area contributed by atoms with Crippen LogP contribution in [0.15, 0.2) is 394 Å². The summed E-state index contributed by atoms with van der Waals surface area (Å²) in [4.78, 5) is 5.55. The molecule has 0 unspecified atom stereocenters. The maximum atomic E-state index is 5.55. The summed E-state index contributed by atoms with van der Waals surface area (Å²) in [6.07, 6.45) is 0. The highest BCUT2D eigenvalue weighted by atomic mass is 15.2. The molecule has 10 aromatic heterocycles. The molecule has 0 aliphatic rings. The number of hydrogen-bond donors (Lipinski definition) is 0. The molecule has 17 aromatic carbocycles. The fourth-order valence-electron chi connectivity index (χ4n) is 20.6. The summed E-state index contributed by atoms with van der Waals surface area (Å²) in [7, 11) is 6.47. The minimum atomic E-state index is 0.915. The van der Waals surface area contributed by atoms with Crippen molar-refractivity contribution in [2.45, 2.75) is 0 Å². The van der Waals surface area contributed by atoms with Crippen LogP contribution in [0.4, 0.5) is 0 Å². The molecule has 10 heteroatoms. The molecular weight excluding hydrogens is 1460 g/mol. The van der Waals surface area contributed by atoms with E-state index in [0.29, 0.717) is 0 Å². The molecule has 120 heavy (non-hydrogen) atoms. The number of aryl methyl sites for hydroxylation is 3. The van der Waals surface area contributed by atoms with Gasteiger partial charge < -0.3 is 32.0 Å². The van der Waals surface area contributed by atoms with Crippen molar-refractivity contribution in [2.75, 3.05) is 0 Å². The Morgan fingerprint density at radius 2 is 0.433 bits per heavy atom. The lowest BCUT2D eigenvalue weighted by molar-refractivity contribution is 0.971. The Bertz CT molecular complexity index is 8860. The van der Waals surface area contributed by atoms with Crippen LogP contribution >= 0.6 is 0 Å². The summed E-state index contributed by atoms with van der Waals surface area (Å²) in [5.41, 5.74) is 26.5. The van der Waals surface area contributed by atoms with Gasteiger partial charge in [0, 0.05) is 168 Å². The molecular formula is C110H74N10. The highest BCUT2D eigenvalue weighted by molar-refractivity contribution is 6.28. The average Bonchev–Trinajstić information content (AvgIpc) is 1.55. The molecule has 10 heterocycles. The molecule has 0 bridgehead atoms. The third-order valence-electron chi connectivity index (χ3n) is 25.7. The maximum Gasteiger partial charge on any atom is 0.164 e.